The van der Waals surface area contributed by atoms with Gasteiger partial charge in [-0.25, -0.2) is 4.98 Å². The highest BCUT2D eigenvalue weighted by atomic mass is 35.5. The Balaban J connectivity index is 1.54. The number of hydrogen-bond donors (Lipinski definition) is 2. The molecule has 2 N–H and O–H groups in total. The van der Waals surface area contributed by atoms with Crippen molar-refractivity contribution < 1.29 is 9.90 Å². The Morgan fingerprint density at radius 2 is 1.86 bits per heavy atom. The molecule has 0 saturated heterocycles. The molecule has 0 fully saturated rings. The molecule has 1 amide bonds. The highest BCUT2D eigenvalue weighted by Gasteiger charge is 2.12. The quantitative estimate of drug-likeness (QED) is 0.525. The second-order valence-electron chi connectivity index (χ2n) is 6.28. The molecule has 146 valence electrons. The number of aromatic nitrogens is 2. The highest BCUT2D eigenvalue weighted by Crippen LogP contribution is 2.21. The Labute approximate surface area is 173 Å². The summed E-state index contributed by atoms with van der Waals surface area (Å²) in [6, 6.07) is 17.6. The van der Waals surface area contributed by atoms with E-state index in [4.69, 9.17) is 11.6 Å². The number of benzene rings is 2. The van der Waals surface area contributed by atoms with E-state index in [-0.39, 0.29) is 18.3 Å². The average Bonchev–Trinajstić information content (AvgIpc) is 3.10. The molecule has 0 bridgehead atoms. The molecular weight excluding hydrogens is 394 g/mol. The van der Waals surface area contributed by atoms with Gasteiger partial charge in [-0.2, -0.15) is 0 Å². The van der Waals surface area contributed by atoms with E-state index in [2.05, 4.69) is 10.3 Å². The van der Waals surface area contributed by atoms with Gasteiger partial charge in [-0.3, -0.25) is 4.79 Å². The maximum absolute atomic E-state index is 12.2. The normalized spacial score (nSPS) is 10.8. The van der Waals surface area contributed by atoms with Gasteiger partial charge >= 0.3 is 0 Å². The standard InChI is InChI=1S/C21H22ClN3O2S/c22-18-8-6-17(7-9-18)13-25-19(14-26)12-24-21(25)28-15-20(27)23-11-10-16-4-2-1-3-5-16/h1-9,12,26H,10-11,13-15H2,(H,23,27). The second-order valence-corrected chi connectivity index (χ2v) is 7.66. The average molecular weight is 416 g/mol. The van der Waals surface area contributed by atoms with Crippen molar-refractivity contribution in [2.24, 2.45) is 0 Å². The summed E-state index contributed by atoms with van der Waals surface area (Å²) in [5.41, 5.74) is 2.95. The van der Waals surface area contributed by atoms with Crippen LogP contribution in [0.1, 0.15) is 16.8 Å². The number of aliphatic hydroxyl groups excluding tert-OH is 1. The minimum absolute atomic E-state index is 0.0347. The molecule has 28 heavy (non-hydrogen) atoms. The number of rotatable bonds is 9. The van der Waals surface area contributed by atoms with E-state index < -0.39 is 0 Å². The van der Waals surface area contributed by atoms with Crippen molar-refractivity contribution in [3.05, 3.63) is 82.6 Å². The van der Waals surface area contributed by atoms with Gasteiger partial charge in [-0.15, -0.1) is 0 Å². The van der Waals surface area contributed by atoms with Crippen molar-refractivity contribution >= 4 is 29.3 Å². The predicted molar refractivity (Wildman–Crippen MR) is 113 cm³/mol. The van der Waals surface area contributed by atoms with Crippen molar-refractivity contribution in [2.45, 2.75) is 24.7 Å². The van der Waals surface area contributed by atoms with Gasteiger partial charge < -0.3 is 15.0 Å². The van der Waals surface area contributed by atoms with Crippen molar-refractivity contribution in [3.63, 3.8) is 0 Å². The molecule has 0 spiro atoms. The lowest BCUT2D eigenvalue weighted by atomic mass is 10.1. The molecule has 0 unspecified atom stereocenters. The van der Waals surface area contributed by atoms with Crippen LogP contribution in [0.25, 0.3) is 0 Å². The number of carbonyl (C=O) groups is 1. The molecule has 2 aromatic carbocycles. The summed E-state index contributed by atoms with van der Waals surface area (Å²) >= 11 is 7.30. The molecule has 3 rings (SSSR count). The monoisotopic (exact) mass is 415 g/mol. The summed E-state index contributed by atoms with van der Waals surface area (Å²) in [6.07, 6.45) is 2.45. The van der Waals surface area contributed by atoms with Crippen LogP contribution in [0.3, 0.4) is 0 Å². The number of aliphatic hydroxyl groups is 1. The molecule has 0 aliphatic carbocycles. The number of nitrogens with zero attached hydrogens (tertiary/aromatic N) is 2. The minimum atomic E-state index is -0.107. The Morgan fingerprint density at radius 3 is 2.57 bits per heavy atom. The van der Waals surface area contributed by atoms with Gasteiger partial charge in [0.25, 0.3) is 0 Å². The molecule has 0 atom stereocenters. The SMILES string of the molecule is O=C(CSc1ncc(CO)n1Cc1ccc(Cl)cc1)NCCc1ccccc1. The van der Waals surface area contributed by atoms with Crippen LogP contribution in [-0.4, -0.2) is 32.9 Å². The van der Waals surface area contributed by atoms with Crippen molar-refractivity contribution in [3.8, 4) is 0 Å². The molecular formula is C21H22ClN3O2S. The third kappa shape index (κ3) is 5.86. The zero-order valence-electron chi connectivity index (χ0n) is 15.3. The van der Waals surface area contributed by atoms with Crippen LogP contribution in [0.15, 0.2) is 66.0 Å². The summed E-state index contributed by atoms with van der Waals surface area (Å²) in [5.74, 6) is 0.240. The maximum Gasteiger partial charge on any atom is 0.230 e. The van der Waals surface area contributed by atoms with Gasteiger partial charge in [0.2, 0.25) is 5.91 Å². The number of imidazole rings is 1. The van der Waals surface area contributed by atoms with E-state index in [9.17, 15) is 9.90 Å². The molecule has 1 aromatic heterocycles. The van der Waals surface area contributed by atoms with E-state index in [1.54, 1.807) is 6.20 Å². The van der Waals surface area contributed by atoms with Crippen molar-refractivity contribution in [1.29, 1.82) is 0 Å². The van der Waals surface area contributed by atoms with Gasteiger partial charge in [0.05, 0.1) is 24.3 Å². The Bertz CT molecular complexity index is 898. The lowest BCUT2D eigenvalue weighted by Crippen LogP contribution is -2.27. The first-order valence-electron chi connectivity index (χ1n) is 8.99. The van der Waals surface area contributed by atoms with Crippen LogP contribution in [0, 0.1) is 0 Å². The van der Waals surface area contributed by atoms with E-state index in [1.165, 1.54) is 17.3 Å². The number of carbonyl (C=O) groups excluding carboxylic acids is 1. The molecule has 0 saturated carbocycles. The van der Waals surface area contributed by atoms with Crippen LogP contribution < -0.4 is 5.32 Å². The third-order valence-electron chi connectivity index (χ3n) is 4.23. The number of halogens is 1. The van der Waals surface area contributed by atoms with Crippen molar-refractivity contribution in [2.75, 3.05) is 12.3 Å². The Kier molecular flexibility index (Phi) is 7.54. The molecule has 1 heterocycles. The summed E-state index contributed by atoms with van der Waals surface area (Å²) in [7, 11) is 0. The number of amides is 1. The minimum Gasteiger partial charge on any atom is -0.390 e. The van der Waals surface area contributed by atoms with E-state index >= 15 is 0 Å². The first-order chi connectivity index (χ1) is 13.7. The smallest absolute Gasteiger partial charge is 0.230 e. The molecule has 0 aliphatic rings. The largest absolute Gasteiger partial charge is 0.390 e. The van der Waals surface area contributed by atoms with Gasteiger partial charge in [-0.1, -0.05) is 65.8 Å². The van der Waals surface area contributed by atoms with E-state index in [0.29, 0.717) is 29.0 Å². The number of nitrogens with one attached hydrogen (secondary N) is 1. The highest BCUT2D eigenvalue weighted by molar-refractivity contribution is 7.99. The zero-order valence-corrected chi connectivity index (χ0v) is 16.9. The third-order valence-corrected chi connectivity index (χ3v) is 5.47. The van der Waals surface area contributed by atoms with Crippen LogP contribution in [-0.2, 0) is 24.4 Å². The van der Waals surface area contributed by atoms with Crippen LogP contribution in [0.2, 0.25) is 5.02 Å². The Morgan fingerprint density at radius 1 is 1.11 bits per heavy atom. The van der Waals surface area contributed by atoms with Crippen LogP contribution in [0.4, 0.5) is 0 Å². The second kappa shape index (κ2) is 10.3. The molecule has 0 aliphatic heterocycles. The van der Waals surface area contributed by atoms with Crippen LogP contribution >= 0.6 is 23.4 Å². The first kappa shape index (κ1) is 20.5. The van der Waals surface area contributed by atoms with Gasteiger partial charge in [0, 0.05) is 18.1 Å². The fourth-order valence-corrected chi connectivity index (χ4v) is 3.70. The summed E-state index contributed by atoms with van der Waals surface area (Å²) in [6.45, 7) is 1.06. The topological polar surface area (TPSA) is 67.1 Å². The van der Waals surface area contributed by atoms with Gasteiger partial charge in [-0.05, 0) is 29.7 Å². The van der Waals surface area contributed by atoms with E-state index in [1.807, 2.05) is 59.2 Å². The molecule has 5 nitrogen and oxygen atoms in total. The number of thioether (sulfide) groups is 1. The molecule has 7 heteroatoms. The first-order valence-corrected chi connectivity index (χ1v) is 10.3. The lowest BCUT2D eigenvalue weighted by molar-refractivity contribution is -0.118. The van der Waals surface area contributed by atoms with Crippen molar-refractivity contribution in [1.82, 2.24) is 14.9 Å². The number of hydrogen-bond acceptors (Lipinski definition) is 4. The summed E-state index contributed by atoms with van der Waals surface area (Å²) in [4.78, 5) is 16.5. The zero-order chi connectivity index (χ0) is 19.8. The van der Waals surface area contributed by atoms with Gasteiger partial charge in [0.1, 0.15) is 0 Å². The molecule has 3 aromatic rings. The maximum atomic E-state index is 12.2. The fourth-order valence-electron chi connectivity index (χ4n) is 2.75. The molecule has 0 radical (unpaired) electrons. The fraction of sp³-hybridized carbons (Fsp3) is 0.238. The van der Waals surface area contributed by atoms with Gasteiger partial charge in [0.15, 0.2) is 5.16 Å². The van der Waals surface area contributed by atoms with Crippen LogP contribution in [0.5, 0.6) is 0 Å². The predicted octanol–water partition coefficient (Wildman–Crippen LogP) is 3.53. The van der Waals surface area contributed by atoms with E-state index in [0.717, 1.165) is 12.0 Å². The summed E-state index contributed by atoms with van der Waals surface area (Å²) in [5, 5.41) is 13.9. The lowest BCUT2D eigenvalue weighted by Gasteiger charge is -2.11. The Hall–Kier alpha value is -2.28. The summed E-state index contributed by atoms with van der Waals surface area (Å²) < 4.78 is 1.92.